The minimum absolute atomic E-state index is 0.0333. The Bertz CT molecular complexity index is 621. The van der Waals surface area contributed by atoms with Gasteiger partial charge < -0.3 is 5.73 Å². The first kappa shape index (κ1) is 14.1. The summed E-state index contributed by atoms with van der Waals surface area (Å²) in [6.07, 6.45) is 0.189. The molecule has 0 bridgehead atoms. The molecule has 0 amide bonds. The fourth-order valence-corrected chi connectivity index (χ4v) is 1.23. The van der Waals surface area contributed by atoms with E-state index < -0.39 is 0 Å². The van der Waals surface area contributed by atoms with Gasteiger partial charge >= 0.3 is 0 Å². The Balaban J connectivity index is 3.03. The van der Waals surface area contributed by atoms with E-state index in [2.05, 4.69) is 20.5 Å². The molecule has 0 radical (unpaired) electrons. The van der Waals surface area contributed by atoms with Gasteiger partial charge in [-0.25, -0.2) is 9.97 Å². The number of nitrogens with zero attached hydrogens (tertiary/aromatic N) is 5. The van der Waals surface area contributed by atoms with Crippen LogP contribution in [0, 0.1) is 22.7 Å². The number of nitriles is 2. The van der Waals surface area contributed by atoms with Gasteiger partial charge in [0.25, 0.3) is 0 Å². The molecule has 3 N–H and O–H groups in total. The van der Waals surface area contributed by atoms with E-state index in [1.807, 2.05) is 0 Å². The number of anilines is 2. The largest absolute Gasteiger partial charge is 0.381 e. The maximum atomic E-state index is 10.9. The zero-order chi connectivity index (χ0) is 14.4. The van der Waals surface area contributed by atoms with Crippen molar-refractivity contribution in [1.29, 1.82) is 10.5 Å². The van der Waals surface area contributed by atoms with Gasteiger partial charge in [-0.1, -0.05) is 0 Å². The Morgan fingerprint density at radius 1 is 1.32 bits per heavy atom. The van der Waals surface area contributed by atoms with Crippen LogP contribution in [0.1, 0.15) is 31.7 Å². The first-order valence-corrected chi connectivity index (χ1v) is 5.24. The highest BCUT2D eigenvalue weighted by Gasteiger charge is 2.11. The van der Waals surface area contributed by atoms with Crippen LogP contribution in [0.3, 0.4) is 0 Å². The second kappa shape index (κ2) is 6.07. The van der Waals surface area contributed by atoms with E-state index in [0.717, 1.165) is 0 Å². The lowest BCUT2D eigenvalue weighted by atomic mass is 10.2. The van der Waals surface area contributed by atoms with Crippen molar-refractivity contribution in [3.05, 3.63) is 11.4 Å². The molecule has 0 spiro atoms. The molecule has 19 heavy (non-hydrogen) atoms. The molecule has 0 saturated heterocycles. The molecule has 1 aromatic rings. The Labute approximate surface area is 109 Å². The van der Waals surface area contributed by atoms with E-state index in [0.29, 0.717) is 5.71 Å². The molecule has 96 valence electrons. The average Bonchev–Trinajstić information content (AvgIpc) is 2.35. The molecule has 0 fully saturated rings. The predicted octanol–water partition coefficient (Wildman–Crippen LogP) is 0.569. The molecule has 0 aromatic carbocycles. The third-order valence-electron chi connectivity index (χ3n) is 1.99. The van der Waals surface area contributed by atoms with E-state index in [4.69, 9.17) is 16.3 Å². The van der Waals surface area contributed by atoms with E-state index in [1.165, 1.54) is 6.92 Å². The summed E-state index contributed by atoms with van der Waals surface area (Å²) in [5.74, 6) is -0.0840. The Morgan fingerprint density at radius 3 is 2.47 bits per heavy atom. The van der Waals surface area contributed by atoms with Gasteiger partial charge in [0.1, 0.15) is 17.9 Å². The molecule has 0 aliphatic carbocycles. The Hall–Kier alpha value is -3.00. The lowest BCUT2D eigenvalue weighted by Gasteiger charge is -2.04. The monoisotopic (exact) mass is 257 g/mol. The second-order valence-corrected chi connectivity index (χ2v) is 3.72. The molecule has 0 aliphatic rings. The molecule has 0 saturated carbocycles. The van der Waals surface area contributed by atoms with Crippen molar-refractivity contribution in [3.63, 3.8) is 0 Å². The van der Waals surface area contributed by atoms with Gasteiger partial charge in [-0.15, -0.1) is 0 Å². The molecule has 0 aliphatic heterocycles. The van der Waals surface area contributed by atoms with Gasteiger partial charge in [-0.2, -0.15) is 15.6 Å². The molecule has 0 atom stereocenters. The smallest absolute Gasteiger partial charge is 0.186 e. The second-order valence-electron chi connectivity index (χ2n) is 3.72. The normalized spacial score (nSPS) is 10.4. The summed E-state index contributed by atoms with van der Waals surface area (Å²) in [5.41, 5.74) is 8.32. The van der Waals surface area contributed by atoms with Crippen LogP contribution < -0.4 is 11.2 Å². The third-order valence-corrected chi connectivity index (χ3v) is 1.99. The fourth-order valence-electron chi connectivity index (χ4n) is 1.23. The number of hydrazone groups is 1. The lowest BCUT2D eigenvalue weighted by molar-refractivity contribution is -0.115. The average molecular weight is 257 g/mol. The molecule has 1 rings (SSSR count). The summed E-state index contributed by atoms with van der Waals surface area (Å²) in [7, 11) is 0. The number of hydrogen-bond acceptors (Lipinski definition) is 8. The summed E-state index contributed by atoms with van der Waals surface area (Å²) in [4.78, 5) is 18.5. The standard InChI is InChI=1S/C11H11N7O/c1-6(3-7(2)19)17-18-11-9(5-13)15-8(4-12)10(14)16-11/h3H2,1-2H3,(H3,14,16,18)/b17-6+. The van der Waals surface area contributed by atoms with Crippen molar-refractivity contribution in [2.75, 3.05) is 11.2 Å². The van der Waals surface area contributed by atoms with Gasteiger partial charge in [-0.3, -0.25) is 10.2 Å². The lowest BCUT2D eigenvalue weighted by Crippen LogP contribution is -2.08. The van der Waals surface area contributed by atoms with Crippen LogP contribution in [0.2, 0.25) is 0 Å². The number of hydrogen-bond donors (Lipinski definition) is 2. The number of nitrogens with one attached hydrogen (secondary N) is 1. The first-order chi connectivity index (χ1) is 8.97. The molecule has 1 heterocycles. The molecule has 1 aromatic heterocycles. The summed E-state index contributed by atoms with van der Waals surface area (Å²) in [5, 5.41) is 21.5. The number of carbonyl (C=O) groups is 1. The van der Waals surface area contributed by atoms with Crippen LogP contribution in [0.5, 0.6) is 0 Å². The number of nitrogen functional groups attached to an aromatic ring is 1. The zero-order valence-corrected chi connectivity index (χ0v) is 10.4. The minimum Gasteiger partial charge on any atom is -0.381 e. The van der Waals surface area contributed by atoms with Crippen molar-refractivity contribution in [1.82, 2.24) is 9.97 Å². The Morgan fingerprint density at radius 2 is 1.95 bits per heavy atom. The van der Waals surface area contributed by atoms with Crippen molar-refractivity contribution < 1.29 is 4.79 Å². The summed E-state index contributed by atoms with van der Waals surface area (Å²) < 4.78 is 0. The minimum atomic E-state index is -0.119. The molecular weight excluding hydrogens is 246 g/mol. The van der Waals surface area contributed by atoms with E-state index >= 15 is 0 Å². The summed E-state index contributed by atoms with van der Waals surface area (Å²) >= 11 is 0. The van der Waals surface area contributed by atoms with E-state index in [-0.39, 0.29) is 35.2 Å². The number of rotatable bonds is 4. The molecule has 8 heteroatoms. The van der Waals surface area contributed by atoms with E-state index in [9.17, 15) is 4.79 Å². The number of Topliss-reactive ketones (excluding diaryl/α,β-unsaturated/α-hetero) is 1. The van der Waals surface area contributed by atoms with Crippen LogP contribution in [0.15, 0.2) is 5.10 Å². The van der Waals surface area contributed by atoms with Gasteiger partial charge in [0, 0.05) is 12.1 Å². The molecule has 8 nitrogen and oxygen atoms in total. The summed E-state index contributed by atoms with van der Waals surface area (Å²) in [6.45, 7) is 3.10. The maximum absolute atomic E-state index is 10.9. The highest BCUT2D eigenvalue weighted by Crippen LogP contribution is 2.14. The highest BCUT2D eigenvalue weighted by molar-refractivity contribution is 5.99. The van der Waals surface area contributed by atoms with Crippen LogP contribution in [0.4, 0.5) is 11.6 Å². The quantitative estimate of drug-likeness (QED) is 0.593. The third kappa shape index (κ3) is 3.75. The number of aromatic nitrogens is 2. The van der Waals surface area contributed by atoms with E-state index in [1.54, 1.807) is 19.1 Å². The van der Waals surface area contributed by atoms with Gasteiger partial charge in [-0.05, 0) is 13.8 Å². The first-order valence-electron chi connectivity index (χ1n) is 5.24. The SMILES string of the molecule is CC(=O)C/C(C)=N/Nc1nc(N)c(C#N)nc1C#N. The van der Waals surface area contributed by atoms with Crippen LogP contribution in [-0.2, 0) is 4.79 Å². The highest BCUT2D eigenvalue weighted by atomic mass is 16.1. The maximum Gasteiger partial charge on any atom is 0.186 e. The topological polar surface area (TPSA) is 141 Å². The van der Waals surface area contributed by atoms with Crippen molar-refractivity contribution in [3.8, 4) is 12.1 Å². The van der Waals surface area contributed by atoms with Crippen molar-refractivity contribution in [2.24, 2.45) is 5.10 Å². The molecule has 0 unspecified atom stereocenters. The van der Waals surface area contributed by atoms with Crippen LogP contribution >= 0.6 is 0 Å². The van der Waals surface area contributed by atoms with Gasteiger partial charge in [0.2, 0.25) is 0 Å². The summed E-state index contributed by atoms with van der Waals surface area (Å²) in [6, 6.07) is 3.51. The van der Waals surface area contributed by atoms with Crippen molar-refractivity contribution >= 4 is 23.1 Å². The number of ketones is 1. The Kier molecular flexibility index (Phi) is 4.50. The van der Waals surface area contributed by atoms with Crippen LogP contribution in [0.25, 0.3) is 0 Å². The van der Waals surface area contributed by atoms with Gasteiger partial charge in [0.05, 0.1) is 0 Å². The zero-order valence-electron chi connectivity index (χ0n) is 10.4. The molecular formula is C11H11N7O. The number of carbonyl (C=O) groups excluding carboxylic acids is 1. The van der Waals surface area contributed by atoms with Crippen molar-refractivity contribution in [2.45, 2.75) is 20.3 Å². The van der Waals surface area contributed by atoms with Gasteiger partial charge in [0.15, 0.2) is 23.0 Å². The fraction of sp³-hybridized carbons (Fsp3) is 0.273. The number of nitrogens with two attached hydrogens (primary N) is 1. The predicted molar refractivity (Wildman–Crippen MR) is 67.9 cm³/mol. The van der Waals surface area contributed by atoms with Crippen LogP contribution in [-0.4, -0.2) is 21.5 Å².